The van der Waals surface area contributed by atoms with Gasteiger partial charge in [0.05, 0.1) is 5.25 Å². The molecule has 1 aliphatic carbocycles. The van der Waals surface area contributed by atoms with Crippen molar-refractivity contribution in [1.29, 1.82) is 0 Å². The Morgan fingerprint density at radius 2 is 1.57 bits per heavy atom. The van der Waals surface area contributed by atoms with Crippen molar-refractivity contribution >= 4 is 10.8 Å². The first-order chi connectivity index (χ1) is 10.3. The van der Waals surface area contributed by atoms with Gasteiger partial charge in [-0.2, -0.15) is 0 Å². The lowest BCUT2D eigenvalue weighted by Gasteiger charge is -2.27. The highest BCUT2D eigenvalue weighted by atomic mass is 32.2. The summed E-state index contributed by atoms with van der Waals surface area (Å²) in [7, 11) is 3.03. The molecule has 3 atom stereocenters. The molecule has 3 nitrogen and oxygen atoms in total. The maximum atomic E-state index is 12.7. The number of methoxy groups -OCH3 is 1. The lowest BCUT2D eigenvalue weighted by Crippen LogP contribution is -2.41. The molecule has 0 heterocycles. The SMILES string of the molecule is CNC1CCCCCCCCCCC1S(=O)CCCOC. The Kier molecular flexibility index (Phi) is 11.5. The van der Waals surface area contributed by atoms with E-state index >= 15 is 0 Å². The molecule has 4 heteroatoms. The van der Waals surface area contributed by atoms with Gasteiger partial charge in [-0.25, -0.2) is 0 Å². The van der Waals surface area contributed by atoms with E-state index in [9.17, 15) is 4.21 Å². The van der Waals surface area contributed by atoms with Gasteiger partial charge in [-0.3, -0.25) is 4.21 Å². The molecule has 0 aromatic carbocycles. The monoisotopic (exact) mass is 317 g/mol. The van der Waals surface area contributed by atoms with Crippen LogP contribution in [0.25, 0.3) is 0 Å². The molecule has 0 radical (unpaired) electrons. The zero-order valence-corrected chi connectivity index (χ0v) is 14.9. The predicted octanol–water partition coefficient (Wildman–Crippen LogP) is 3.64. The van der Waals surface area contributed by atoms with E-state index < -0.39 is 10.8 Å². The van der Waals surface area contributed by atoms with Crippen LogP contribution in [-0.4, -0.2) is 42.0 Å². The van der Waals surface area contributed by atoms with Crippen molar-refractivity contribution in [2.45, 2.75) is 81.9 Å². The molecule has 0 aliphatic heterocycles. The van der Waals surface area contributed by atoms with E-state index in [2.05, 4.69) is 5.32 Å². The topological polar surface area (TPSA) is 38.3 Å². The van der Waals surface area contributed by atoms with Gasteiger partial charge >= 0.3 is 0 Å². The van der Waals surface area contributed by atoms with Crippen LogP contribution >= 0.6 is 0 Å². The van der Waals surface area contributed by atoms with Gasteiger partial charge in [0, 0.05) is 36.3 Å². The van der Waals surface area contributed by atoms with Crippen LogP contribution in [0, 0.1) is 0 Å². The number of ether oxygens (including phenoxy) is 1. The molecule has 0 bridgehead atoms. The summed E-state index contributed by atoms with van der Waals surface area (Å²) in [5.74, 6) is 0.788. The van der Waals surface area contributed by atoms with Gasteiger partial charge in [0.15, 0.2) is 0 Å². The lowest BCUT2D eigenvalue weighted by molar-refractivity contribution is 0.200. The first-order valence-corrected chi connectivity index (χ1v) is 10.2. The fourth-order valence-corrected chi connectivity index (χ4v) is 5.07. The zero-order valence-electron chi connectivity index (χ0n) is 14.1. The molecule has 0 saturated heterocycles. The Labute approximate surface area is 134 Å². The summed E-state index contributed by atoms with van der Waals surface area (Å²) in [6.07, 6.45) is 13.9. The molecule has 0 amide bonds. The minimum atomic E-state index is -0.723. The Balaban J connectivity index is 2.54. The Hall–Kier alpha value is 0.0700. The van der Waals surface area contributed by atoms with E-state index in [0.717, 1.165) is 25.2 Å². The average Bonchev–Trinajstić information content (AvgIpc) is 2.48. The van der Waals surface area contributed by atoms with Crippen LogP contribution in [0.4, 0.5) is 0 Å². The van der Waals surface area contributed by atoms with E-state index in [1.54, 1.807) is 7.11 Å². The molecule has 1 N–H and O–H groups in total. The third-order valence-corrected chi connectivity index (χ3v) is 6.54. The Morgan fingerprint density at radius 1 is 1.00 bits per heavy atom. The number of nitrogens with one attached hydrogen (secondary N) is 1. The van der Waals surface area contributed by atoms with E-state index in [0.29, 0.717) is 11.3 Å². The van der Waals surface area contributed by atoms with Crippen molar-refractivity contribution in [2.75, 3.05) is 26.5 Å². The van der Waals surface area contributed by atoms with Crippen molar-refractivity contribution in [3.05, 3.63) is 0 Å². The van der Waals surface area contributed by atoms with Crippen molar-refractivity contribution in [3.8, 4) is 0 Å². The quantitative estimate of drug-likeness (QED) is 0.760. The molecule has 1 aliphatic rings. The smallest absolute Gasteiger partial charge is 0.0501 e. The fraction of sp³-hybridized carbons (Fsp3) is 1.00. The van der Waals surface area contributed by atoms with Gasteiger partial charge in [0.1, 0.15) is 0 Å². The van der Waals surface area contributed by atoms with Gasteiger partial charge in [-0.1, -0.05) is 51.4 Å². The standard InChI is InChI=1S/C17H35NO2S/c1-18-16-12-9-7-5-3-4-6-8-10-13-17(16)21(19)15-11-14-20-2/h16-18H,3-15H2,1-2H3. The van der Waals surface area contributed by atoms with Crippen LogP contribution in [0.15, 0.2) is 0 Å². The molecule has 21 heavy (non-hydrogen) atoms. The van der Waals surface area contributed by atoms with Crippen LogP contribution < -0.4 is 5.32 Å². The van der Waals surface area contributed by atoms with Crippen LogP contribution in [-0.2, 0) is 15.5 Å². The number of hydrogen-bond donors (Lipinski definition) is 1. The summed E-state index contributed by atoms with van der Waals surface area (Å²) in [4.78, 5) is 0. The van der Waals surface area contributed by atoms with E-state index in [4.69, 9.17) is 4.74 Å². The van der Waals surface area contributed by atoms with Crippen molar-refractivity contribution in [1.82, 2.24) is 5.32 Å². The van der Waals surface area contributed by atoms with Gasteiger partial charge in [-0.05, 0) is 26.3 Å². The Bertz CT molecular complexity index is 274. The first-order valence-electron chi connectivity index (χ1n) is 8.83. The molecule has 0 aromatic rings. The van der Waals surface area contributed by atoms with Gasteiger partial charge in [0.2, 0.25) is 0 Å². The van der Waals surface area contributed by atoms with E-state index in [1.165, 1.54) is 57.8 Å². The summed E-state index contributed by atoms with van der Waals surface area (Å²) in [5, 5.41) is 3.78. The highest BCUT2D eigenvalue weighted by Crippen LogP contribution is 2.21. The average molecular weight is 318 g/mol. The third-order valence-electron chi connectivity index (χ3n) is 4.61. The second kappa shape index (κ2) is 12.6. The number of rotatable bonds is 6. The molecule has 0 spiro atoms. The fourth-order valence-electron chi connectivity index (χ4n) is 3.30. The van der Waals surface area contributed by atoms with Crippen molar-refractivity contribution in [3.63, 3.8) is 0 Å². The maximum Gasteiger partial charge on any atom is 0.0501 e. The van der Waals surface area contributed by atoms with Gasteiger partial charge in [-0.15, -0.1) is 0 Å². The predicted molar refractivity (Wildman–Crippen MR) is 92.3 cm³/mol. The Morgan fingerprint density at radius 3 is 2.14 bits per heavy atom. The molecule has 1 fully saturated rings. The third kappa shape index (κ3) is 8.32. The molecular weight excluding hydrogens is 282 g/mol. The highest BCUT2D eigenvalue weighted by Gasteiger charge is 2.25. The van der Waals surface area contributed by atoms with E-state index in [1.807, 2.05) is 7.05 Å². The van der Waals surface area contributed by atoms with Crippen molar-refractivity contribution in [2.24, 2.45) is 0 Å². The number of hydrogen-bond acceptors (Lipinski definition) is 3. The summed E-state index contributed by atoms with van der Waals surface area (Å²) >= 11 is 0. The lowest BCUT2D eigenvalue weighted by atomic mass is 9.97. The van der Waals surface area contributed by atoms with Crippen LogP contribution in [0.1, 0.15) is 70.6 Å². The van der Waals surface area contributed by atoms with Crippen LogP contribution in [0.3, 0.4) is 0 Å². The van der Waals surface area contributed by atoms with Gasteiger partial charge in [0.25, 0.3) is 0 Å². The molecule has 126 valence electrons. The molecule has 1 rings (SSSR count). The molecule has 1 saturated carbocycles. The minimum Gasteiger partial charge on any atom is -0.385 e. The van der Waals surface area contributed by atoms with Crippen LogP contribution in [0.5, 0.6) is 0 Å². The zero-order chi connectivity index (χ0) is 15.3. The van der Waals surface area contributed by atoms with Crippen molar-refractivity contribution < 1.29 is 8.95 Å². The summed E-state index contributed by atoms with van der Waals surface area (Å²) in [6, 6.07) is 0.424. The second-order valence-corrected chi connectivity index (χ2v) is 8.05. The minimum absolute atomic E-state index is 0.325. The van der Waals surface area contributed by atoms with Gasteiger partial charge < -0.3 is 10.1 Å². The summed E-state index contributed by atoms with van der Waals surface area (Å²) in [6.45, 7) is 0.725. The molecule has 0 aromatic heterocycles. The highest BCUT2D eigenvalue weighted by molar-refractivity contribution is 7.85. The molecule has 3 unspecified atom stereocenters. The first kappa shape index (κ1) is 19.1. The second-order valence-electron chi connectivity index (χ2n) is 6.27. The van der Waals surface area contributed by atoms with Crippen LogP contribution in [0.2, 0.25) is 0 Å². The summed E-state index contributed by atoms with van der Waals surface area (Å²) < 4.78 is 17.8. The largest absolute Gasteiger partial charge is 0.385 e. The van der Waals surface area contributed by atoms with E-state index in [-0.39, 0.29) is 0 Å². The normalized spacial score (nSPS) is 27.5. The maximum absolute atomic E-state index is 12.7. The summed E-state index contributed by atoms with van der Waals surface area (Å²) in [5.41, 5.74) is 0. The molecular formula is C17H35NO2S.